The molecule has 1 atom stereocenters. The molecule has 0 unspecified atom stereocenters. The predicted molar refractivity (Wildman–Crippen MR) is 129 cm³/mol. The van der Waals surface area contributed by atoms with Crippen LogP contribution in [0.3, 0.4) is 0 Å². The Kier molecular flexibility index (Phi) is 6.84. The highest BCUT2D eigenvalue weighted by atomic mass is 35.5. The second-order valence-corrected chi connectivity index (χ2v) is 8.47. The van der Waals surface area contributed by atoms with Crippen molar-refractivity contribution in [2.24, 2.45) is 5.73 Å². The first kappa shape index (κ1) is 23.7. The summed E-state index contributed by atoms with van der Waals surface area (Å²) >= 11 is 12.0. The molecule has 1 aromatic carbocycles. The van der Waals surface area contributed by atoms with Gasteiger partial charge in [0.05, 0.1) is 21.9 Å². The van der Waals surface area contributed by atoms with Gasteiger partial charge in [0, 0.05) is 42.3 Å². The van der Waals surface area contributed by atoms with E-state index in [2.05, 4.69) is 20.9 Å². The third kappa shape index (κ3) is 4.61. The molecule has 0 bridgehead atoms. The van der Waals surface area contributed by atoms with Crippen LogP contribution in [-0.2, 0) is 0 Å². The van der Waals surface area contributed by atoms with Crippen LogP contribution in [0, 0.1) is 22.7 Å². The number of aromatic nitrogens is 2. The number of hydrogen-bond acceptors (Lipinski definition) is 8. The predicted octanol–water partition coefficient (Wildman–Crippen LogP) is 4.43. The lowest BCUT2D eigenvalue weighted by Gasteiger charge is -2.19. The van der Waals surface area contributed by atoms with Crippen molar-refractivity contribution >= 4 is 40.4 Å². The number of nitrogens with zero attached hydrogens (tertiary/aromatic N) is 4. The quantitative estimate of drug-likeness (QED) is 0.197. The van der Waals surface area contributed by atoms with Gasteiger partial charge in [0.15, 0.2) is 6.23 Å². The normalized spacial score (nSPS) is 14.0. The number of pyridine rings is 2. The maximum absolute atomic E-state index is 13.8. The number of ether oxygens (including phenoxy) is 1. The molecular weight excluding hydrogens is 480 g/mol. The van der Waals surface area contributed by atoms with Crippen molar-refractivity contribution < 1.29 is 9.13 Å². The van der Waals surface area contributed by atoms with Gasteiger partial charge >= 0.3 is 0 Å². The Morgan fingerprint density at radius 1 is 1.21 bits per heavy atom. The number of nitriles is 1. The second kappa shape index (κ2) is 9.81. The van der Waals surface area contributed by atoms with E-state index in [1.165, 1.54) is 6.07 Å². The zero-order valence-electron chi connectivity index (χ0n) is 17.9. The van der Waals surface area contributed by atoms with E-state index in [-0.39, 0.29) is 27.1 Å². The molecular formula is C23H20Cl2FN7O. The average Bonchev–Trinajstić information content (AvgIpc) is 3.37. The van der Waals surface area contributed by atoms with Crippen molar-refractivity contribution in [3.63, 3.8) is 0 Å². The Morgan fingerprint density at radius 3 is 2.65 bits per heavy atom. The number of rotatable bonds is 6. The van der Waals surface area contributed by atoms with Crippen LogP contribution < -0.4 is 21.1 Å². The van der Waals surface area contributed by atoms with Gasteiger partial charge in [0.1, 0.15) is 22.7 Å². The lowest BCUT2D eigenvalue weighted by atomic mass is 10.0. The van der Waals surface area contributed by atoms with Gasteiger partial charge < -0.3 is 15.4 Å². The van der Waals surface area contributed by atoms with Crippen LogP contribution in [0.25, 0.3) is 0 Å². The van der Waals surface area contributed by atoms with Gasteiger partial charge in [0.2, 0.25) is 5.95 Å². The molecule has 1 fully saturated rings. The molecule has 1 aliphatic heterocycles. The van der Waals surface area contributed by atoms with E-state index in [4.69, 9.17) is 44.8 Å². The molecule has 0 aliphatic carbocycles. The number of halogens is 3. The van der Waals surface area contributed by atoms with E-state index >= 15 is 0 Å². The van der Waals surface area contributed by atoms with Crippen molar-refractivity contribution in [3.05, 3.63) is 74.9 Å². The Hall–Kier alpha value is -3.45. The Balaban J connectivity index is 1.62. The van der Waals surface area contributed by atoms with Gasteiger partial charge in [-0.1, -0.05) is 23.2 Å². The van der Waals surface area contributed by atoms with E-state index in [0.29, 0.717) is 28.2 Å². The molecule has 8 nitrogen and oxygen atoms in total. The Labute approximate surface area is 205 Å². The highest BCUT2D eigenvalue weighted by molar-refractivity contribution is 6.35. The summed E-state index contributed by atoms with van der Waals surface area (Å²) in [5.41, 5.74) is 13.8. The van der Waals surface area contributed by atoms with Crippen LogP contribution in [0.15, 0.2) is 36.7 Å². The van der Waals surface area contributed by atoms with Gasteiger partial charge in [-0.05, 0) is 37.1 Å². The van der Waals surface area contributed by atoms with Gasteiger partial charge in [-0.15, -0.1) is 0 Å². The molecule has 2 aromatic heterocycles. The largest absolute Gasteiger partial charge is 0.471 e. The minimum Gasteiger partial charge on any atom is -0.471 e. The third-order valence-electron chi connectivity index (χ3n) is 5.49. The first-order valence-corrected chi connectivity index (χ1v) is 11.1. The fraction of sp³-hybridized carbons (Fsp3) is 0.217. The smallest absolute Gasteiger partial charge is 0.232 e. The number of nitrogens with two attached hydrogens (primary N) is 2. The van der Waals surface area contributed by atoms with Crippen LogP contribution >= 0.6 is 23.2 Å². The summed E-state index contributed by atoms with van der Waals surface area (Å²) in [6, 6.07) is 8.43. The molecule has 3 heterocycles. The van der Waals surface area contributed by atoms with Crippen LogP contribution in [0.2, 0.25) is 10.0 Å². The minimum absolute atomic E-state index is 0.0460. The molecule has 0 amide bonds. The highest BCUT2D eigenvalue weighted by Gasteiger charge is 2.22. The van der Waals surface area contributed by atoms with Gasteiger partial charge in [0.25, 0.3) is 0 Å². The second-order valence-electron chi connectivity index (χ2n) is 7.69. The van der Waals surface area contributed by atoms with Crippen molar-refractivity contribution in [1.82, 2.24) is 9.97 Å². The van der Waals surface area contributed by atoms with Gasteiger partial charge in [-0.3, -0.25) is 11.1 Å². The molecule has 0 radical (unpaired) electrons. The maximum atomic E-state index is 13.8. The van der Waals surface area contributed by atoms with E-state index < -0.39 is 12.2 Å². The number of nitrogens with one attached hydrogen (secondary N) is 1. The van der Waals surface area contributed by atoms with Crippen LogP contribution in [0.5, 0.6) is 5.75 Å². The lowest BCUT2D eigenvalue weighted by Crippen LogP contribution is -2.21. The Morgan fingerprint density at radius 2 is 1.94 bits per heavy atom. The topological polar surface area (TPSA) is 138 Å². The SMILES string of the molecule is N#Cc1cc(C(=N)c2cc(O[C@H](N)c3c(Cl)cnc(F)c3Cl)ccc2N)cnc1N1CCCC1. The fourth-order valence-electron chi connectivity index (χ4n) is 3.76. The summed E-state index contributed by atoms with van der Waals surface area (Å²) in [5.74, 6) is -0.0445. The van der Waals surface area contributed by atoms with E-state index in [9.17, 15) is 9.65 Å². The maximum Gasteiger partial charge on any atom is 0.232 e. The minimum atomic E-state index is -1.20. The summed E-state index contributed by atoms with van der Waals surface area (Å²) in [6.45, 7) is 1.70. The van der Waals surface area contributed by atoms with E-state index in [0.717, 1.165) is 32.1 Å². The molecule has 1 saturated heterocycles. The molecule has 1 aliphatic rings. The number of nitrogen functional groups attached to an aromatic ring is 1. The van der Waals surface area contributed by atoms with Crippen LogP contribution in [0.1, 0.15) is 41.3 Å². The highest BCUT2D eigenvalue weighted by Crippen LogP contribution is 2.33. The summed E-state index contributed by atoms with van der Waals surface area (Å²) in [6.07, 6.45) is 3.55. The monoisotopic (exact) mass is 499 g/mol. The fourth-order valence-corrected chi connectivity index (χ4v) is 4.32. The molecule has 0 saturated carbocycles. The molecule has 174 valence electrons. The van der Waals surface area contributed by atoms with Gasteiger partial charge in [-0.25, -0.2) is 9.97 Å². The zero-order chi connectivity index (χ0) is 24.4. The van der Waals surface area contributed by atoms with Crippen molar-refractivity contribution in [2.45, 2.75) is 19.1 Å². The van der Waals surface area contributed by atoms with Crippen LogP contribution in [0.4, 0.5) is 15.9 Å². The molecule has 5 N–H and O–H groups in total. The lowest BCUT2D eigenvalue weighted by molar-refractivity contribution is 0.213. The molecule has 3 aromatic rings. The summed E-state index contributed by atoms with van der Waals surface area (Å²) < 4.78 is 19.5. The average molecular weight is 500 g/mol. The molecule has 4 rings (SSSR count). The first-order valence-electron chi connectivity index (χ1n) is 10.4. The summed E-state index contributed by atoms with van der Waals surface area (Å²) in [5, 5.41) is 18.0. The standard InChI is InChI=1S/C23H20Cl2FN7O/c24-16-11-31-21(26)19(25)18(16)22(30)34-14-3-4-17(28)15(8-14)20(29)13-7-12(9-27)23(32-10-13)33-5-1-2-6-33/h3-4,7-8,10-11,22,29H,1-2,5-6,28,30H2/t22-/m0/s1. The van der Waals surface area contributed by atoms with E-state index in [1.807, 2.05) is 0 Å². The zero-order valence-corrected chi connectivity index (χ0v) is 19.4. The summed E-state index contributed by atoms with van der Waals surface area (Å²) in [7, 11) is 0. The van der Waals surface area contributed by atoms with Crippen molar-refractivity contribution in [1.29, 1.82) is 10.7 Å². The third-order valence-corrected chi connectivity index (χ3v) is 6.15. The van der Waals surface area contributed by atoms with Crippen molar-refractivity contribution in [2.75, 3.05) is 23.7 Å². The van der Waals surface area contributed by atoms with Gasteiger partial charge in [-0.2, -0.15) is 9.65 Å². The van der Waals surface area contributed by atoms with E-state index in [1.54, 1.807) is 24.4 Å². The number of anilines is 2. The van der Waals surface area contributed by atoms with Crippen LogP contribution in [-0.4, -0.2) is 28.8 Å². The number of benzene rings is 1. The summed E-state index contributed by atoms with van der Waals surface area (Å²) in [4.78, 5) is 9.95. The molecule has 34 heavy (non-hydrogen) atoms. The Bertz CT molecular complexity index is 1310. The molecule has 0 spiro atoms. The first-order chi connectivity index (χ1) is 16.3. The van der Waals surface area contributed by atoms with Crippen molar-refractivity contribution in [3.8, 4) is 11.8 Å². The number of hydrogen-bond donors (Lipinski definition) is 3. The molecule has 11 heteroatoms.